The fourth-order valence-corrected chi connectivity index (χ4v) is 1.59. The molecule has 0 radical (unpaired) electrons. The van der Waals surface area contributed by atoms with Crippen LogP contribution in [-0.4, -0.2) is 26.7 Å². The molecule has 0 atom stereocenters. The Labute approximate surface area is 106 Å². The predicted octanol–water partition coefficient (Wildman–Crippen LogP) is 1.49. The second kappa shape index (κ2) is 4.77. The molecule has 0 fully saturated rings. The monoisotopic (exact) mass is 249 g/mol. The van der Waals surface area contributed by atoms with Crippen molar-refractivity contribution in [1.82, 2.24) is 20.2 Å². The second-order valence-electron chi connectivity index (χ2n) is 5.41. The van der Waals surface area contributed by atoms with Gasteiger partial charge in [0.15, 0.2) is 5.65 Å². The van der Waals surface area contributed by atoms with Crippen molar-refractivity contribution in [2.75, 3.05) is 17.3 Å². The highest BCUT2D eigenvalue weighted by Gasteiger charge is 2.12. The van der Waals surface area contributed by atoms with Crippen molar-refractivity contribution in [1.29, 1.82) is 0 Å². The van der Waals surface area contributed by atoms with E-state index < -0.39 is 0 Å². The van der Waals surface area contributed by atoms with Crippen LogP contribution in [-0.2, 0) is 0 Å². The summed E-state index contributed by atoms with van der Waals surface area (Å²) < 4.78 is 0. The topological polar surface area (TPSA) is 105 Å². The van der Waals surface area contributed by atoms with Crippen molar-refractivity contribution in [3.63, 3.8) is 0 Å². The van der Waals surface area contributed by atoms with Gasteiger partial charge >= 0.3 is 0 Å². The molecule has 0 aromatic carbocycles. The summed E-state index contributed by atoms with van der Waals surface area (Å²) in [6.45, 7) is 7.45. The van der Waals surface area contributed by atoms with E-state index in [-0.39, 0.29) is 5.41 Å². The minimum Gasteiger partial charge on any atom is -0.369 e. The van der Waals surface area contributed by atoms with Crippen LogP contribution in [0.25, 0.3) is 11.0 Å². The summed E-state index contributed by atoms with van der Waals surface area (Å²) >= 11 is 0. The maximum absolute atomic E-state index is 5.34. The third-order valence-corrected chi connectivity index (χ3v) is 2.61. The molecular formula is C11H19N7. The number of nitrogens with zero attached hydrogens (tertiary/aromatic N) is 3. The van der Waals surface area contributed by atoms with Gasteiger partial charge in [-0.2, -0.15) is 15.1 Å². The van der Waals surface area contributed by atoms with Gasteiger partial charge in [0.2, 0.25) is 5.95 Å². The molecule has 0 unspecified atom stereocenters. The first-order valence-electron chi connectivity index (χ1n) is 5.91. The van der Waals surface area contributed by atoms with E-state index in [1.165, 1.54) is 0 Å². The molecule has 2 aromatic rings. The van der Waals surface area contributed by atoms with Crippen molar-refractivity contribution in [2.24, 2.45) is 11.3 Å². The van der Waals surface area contributed by atoms with Crippen LogP contribution in [0.15, 0.2) is 6.20 Å². The summed E-state index contributed by atoms with van der Waals surface area (Å²) in [6, 6.07) is 0. The number of aromatic nitrogens is 4. The number of nitrogens with two attached hydrogens (primary N) is 1. The minimum atomic E-state index is 0.282. The Kier molecular flexibility index (Phi) is 3.33. The average Bonchev–Trinajstić information content (AvgIpc) is 2.75. The molecule has 2 aromatic heterocycles. The van der Waals surface area contributed by atoms with Gasteiger partial charge in [0.1, 0.15) is 5.82 Å². The number of rotatable bonds is 4. The molecule has 2 rings (SSSR count). The zero-order chi connectivity index (χ0) is 13.2. The quantitative estimate of drug-likeness (QED) is 0.483. The molecule has 0 aliphatic heterocycles. The van der Waals surface area contributed by atoms with E-state index >= 15 is 0 Å². The third-order valence-electron chi connectivity index (χ3n) is 2.61. The van der Waals surface area contributed by atoms with Gasteiger partial charge in [-0.15, -0.1) is 0 Å². The van der Waals surface area contributed by atoms with Crippen LogP contribution >= 0.6 is 0 Å². The molecule has 2 heterocycles. The number of hydrogen-bond acceptors (Lipinski definition) is 6. The Morgan fingerprint density at radius 2 is 2.11 bits per heavy atom. The Bertz CT molecular complexity index is 526. The van der Waals surface area contributed by atoms with Crippen molar-refractivity contribution in [2.45, 2.75) is 27.2 Å². The van der Waals surface area contributed by atoms with Crippen LogP contribution in [0.3, 0.4) is 0 Å². The molecule has 0 aliphatic carbocycles. The van der Waals surface area contributed by atoms with Gasteiger partial charge in [-0.25, -0.2) is 5.84 Å². The van der Waals surface area contributed by atoms with Gasteiger partial charge in [0.25, 0.3) is 0 Å². The van der Waals surface area contributed by atoms with E-state index in [2.05, 4.69) is 51.7 Å². The smallest absolute Gasteiger partial charge is 0.241 e. The summed E-state index contributed by atoms with van der Waals surface area (Å²) in [7, 11) is 0. The maximum atomic E-state index is 5.34. The second-order valence-corrected chi connectivity index (χ2v) is 5.41. The SMILES string of the molecule is CC(C)(C)CCNc1nc(NN)nc2[nH]ncc12. The molecule has 18 heavy (non-hydrogen) atoms. The summed E-state index contributed by atoms with van der Waals surface area (Å²) in [6.07, 6.45) is 2.75. The van der Waals surface area contributed by atoms with E-state index in [0.717, 1.165) is 24.2 Å². The molecule has 0 saturated heterocycles. The van der Waals surface area contributed by atoms with Crippen LogP contribution < -0.4 is 16.6 Å². The number of anilines is 2. The number of aromatic amines is 1. The predicted molar refractivity (Wildman–Crippen MR) is 72.1 cm³/mol. The van der Waals surface area contributed by atoms with E-state index in [1.807, 2.05) is 0 Å². The lowest BCUT2D eigenvalue weighted by Gasteiger charge is -2.18. The van der Waals surface area contributed by atoms with E-state index in [9.17, 15) is 0 Å². The number of H-pyrrole nitrogens is 1. The van der Waals surface area contributed by atoms with Crippen LogP contribution in [0, 0.1) is 5.41 Å². The van der Waals surface area contributed by atoms with Gasteiger partial charge in [0.05, 0.1) is 11.6 Å². The Morgan fingerprint density at radius 1 is 1.33 bits per heavy atom. The van der Waals surface area contributed by atoms with Crippen LogP contribution in [0.5, 0.6) is 0 Å². The summed E-state index contributed by atoms with van der Waals surface area (Å²) in [4.78, 5) is 8.46. The Morgan fingerprint density at radius 3 is 2.78 bits per heavy atom. The molecule has 0 spiro atoms. The first-order valence-corrected chi connectivity index (χ1v) is 5.91. The van der Waals surface area contributed by atoms with Gasteiger partial charge in [-0.1, -0.05) is 20.8 Å². The number of nitrogen functional groups attached to an aromatic ring is 1. The molecule has 0 bridgehead atoms. The number of fused-ring (bicyclic) bond motifs is 1. The van der Waals surface area contributed by atoms with E-state index in [4.69, 9.17) is 5.84 Å². The highest BCUT2D eigenvalue weighted by atomic mass is 15.3. The molecule has 0 amide bonds. The largest absolute Gasteiger partial charge is 0.369 e. The average molecular weight is 249 g/mol. The van der Waals surface area contributed by atoms with Crippen LogP contribution in [0.1, 0.15) is 27.2 Å². The molecule has 5 N–H and O–H groups in total. The zero-order valence-electron chi connectivity index (χ0n) is 10.9. The standard InChI is InChI=1S/C11H19N7/c1-11(2,3)4-5-13-8-7-6-14-18-9(7)16-10(15-8)17-12/h6H,4-5,12H2,1-3H3,(H3,13,14,15,16,17,18). The molecule has 0 aliphatic rings. The lowest BCUT2D eigenvalue weighted by Crippen LogP contribution is -2.15. The number of nitrogens with one attached hydrogen (secondary N) is 3. The third kappa shape index (κ3) is 2.86. The number of hydrogen-bond donors (Lipinski definition) is 4. The Balaban J connectivity index is 2.18. The fourth-order valence-electron chi connectivity index (χ4n) is 1.59. The summed E-state index contributed by atoms with van der Waals surface area (Å²) in [5.41, 5.74) is 3.39. The molecule has 98 valence electrons. The maximum Gasteiger partial charge on any atom is 0.241 e. The first-order chi connectivity index (χ1) is 8.49. The van der Waals surface area contributed by atoms with Crippen molar-refractivity contribution < 1.29 is 0 Å². The highest BCUT2D eigenvalue weighted by Crippen LogP contribution is 2.22. The summed E-state index contributed by atoms with van der Waals surface area (Å²) in [5.74, 6) is 6.45. The lowest BCUT2D eigenvalue weighted by atomic mass is 9.92. The summed E-state index contributed by atoms with van der Waals surface area (Å²) in [5, 5.41) is 10.9. The number of hydrazine groups is 1. The van der Waals surface area contributed by atoms with E-state index in [1.54, 1.807) is 6.20 Å². The first kappa shape index (κ1) is 12.6. The van der Waals surface area contributed by atoms with Crippen molar-refractivity contribution in [3.8, 4) is 0 Å². The molecular weight excluding hydrogens is 230 g/mol. The highest BCUT2D eigenvalue weighted by molar-refractivity contribution is 5.86. The normalized spacial score (nSPS) is 11.8. The zero-order valence-corrected chi connectivity index (χ0v) is 10.9. The van der Waals surface area contributed by atoms with Gasteiger partial charge in [-0.05, 0) is 11.8 Å². The van der Waals surface area contributed by atoms with Gasteiger partial charge in [0, 0.05) is 6.54 Å². The van der Waals surface area contributed by atoms with Crippen molar-refractivity contribution >= 4 is 22.8 Å². The molecule has 0 saturated carbocycles. The van der Waals surface area contributed by atoms with Crippen molar-refractivity contribution in [3.05, 3.63) is 6.20 Å². The minimum absolute atomic E-state index is 0.282. The Hall–Kier alpha value is -1.89. The van der Waals surface area contributed by atoms with E-state index in [0.29, 0.717) is 11.6 Å². The van der Waals surface area contributed by atoms with Crippen LogP contribution in [0.2, 0.25) is 0 Å². The van der Waals surface area contributed by atoms with Gasteiger partial charge < -0.3 is 5.32 Å². The lowest BCUT2D eigenvalue weighted by molar-refractivity contribution is 0.389. The fraction of sp³-hybridized carbons (Fsp3) is 0.545. The van der Waals surface area contributed by atoms with Crippen LogP contribution in [0.4, 0.5) is 11.8 Å². The molecule has 7 heteroatoms. The molecule has 7 nitrogen and oxygen atoms in total. The van der Waals surface area contributed by atoms with Gasteiger partial charge in [-0.3, -0.25) is 10.5 Å².